The second-order valence-corrected chi connectivity index (χ2v) is 11.0. The minimum absolute atomic E-state index is 0.0932. The standard InChI is InChI=1S/C32H42N4O10/c1-3-46-28(37)18-33-32(41)29(38)26(20-45-19-22-12-8-5-9-13-22)35-31(40)25(16-21-10-6-4-7-11-21)34-30(39)24-17-23(44-2)14-15-27(24)36(42)43/h5,8-9,12-15,17,21,25-26,29,38H,3-4,6-7,10-11,16,18-20H2,1-2H3,(H,33,41)(H,34,39)(H,35,40)/t25-,26-,29?/m0/s1. The molecule has 0 spiro atoms. The fourth-order valence-corrected chi connectivity index (χ4v) is 5.24. The van der Waals surface area contributed by atoms with E-state index in [0.29, 0.717) is 0 Å². The average Bonchev–Trinajstić information content (AvgIpc) is 3.06. The van der Waals surface area contributed by atoms with Crippen LogP contribution < -0.4 is 20.7 Å². The Kier molecular flexibility index (Phi) is 14.4. The number of aliphatic hydroxyl groups is 1. The van der Waals surface area contributed by atoms with Gasteiger partial charge in [-0.25, -0.2) is 0 Å². The van der Waals surface area contributed by atoms with Crippen LogP contribution in [0.3, 0.4) is 0 Å². The van der Waals surface area contributed by atoms with Crippen LogP contribution in [0.25, 0.3) is 0 Å². The number of nitrogens with one attached hydrogen (secondary N) is 3. The molecule has 3 amide bonds. The molecule has 0 radical (unpaired) electrons. The summed E-state index contributed by atoms with van der Waals surface area (Å²) in [7, 11) is 1.36. The molecule has 1 aliphatic carbocycles. The molecule has 0 bridgehead atoms. The van der Waals surface area contributed by atoms with Crippen molar-refractivity contribution in [3.05, 3.63) is 69.8 Å². The zero-order chi connectivity index (χ0) is 33.5. The highest BCUT2D eigenvalue weighted by atomic mass is 16.6. The van der Waals surface area contributed by atoms with Gasteiger partial charge in [-0.3, -0.25) is 29.3 Å². The van der Waals surface area contributed by atoms with E-state index in [-0.39, 0.29) is 43.5 Å². The predicted octanol–water partition coefficient (Wildman–Crippen LogP) is 2.41. The summed E-state index contributed by atoms with van der Waals surface area (Å²) < 4.78 is 15.7. The molecule has 2 aromatic carbocycles. The van der Waals surface area contributed by atoms with Crippen molar-refractivity contribution in [2.24, 2.45) is 5.92 Å². The molecule has 1 unspecified atom stereocenters. The number of nitrogens with zero attached hydrogens (tertiary/aromatic N) is 1. The maximum atomic E-state index is 13.8. The van der Waals surface area contributed by atoms with Gasteiger partial charge in [0.05, 0.1) is 37.9 Å². The molecule has 3 atom stereocenters. The Bertz CT molecular complexity index is 1330. The van der Waals surface area contributed by atoms with E-state index in [1.54, 1.807) is 6.92 Å². The second kappa shape index (κ2) is 18.4. The van der Waals surface area contributed by atoms with Gasteiger partial charge in [0, 0.05) is 6.07 Å². The highest BCUT2D eigenvalue weighted by Gasteiger charge is 2.34. The van der Waals surface area contributed by atoms with Crippen molar-refractivity contribution in [1.82, 2.24) is 16.0 Å². The molecule has 2 aromatic rings. The number of benzene rings is 2. The number of aliphatic hydroxyl groups excluding tert-OH is 1. The number of ether oxygens (including phenoxy) is 3. The molecule has 3 rings (SSSR count). The van der Waals surface area contributed by atoms with E-state index >= 15 is 0 Å². The lowest BCUT2D eigenvalue weighted by Crippen LogP contribution is -2.57. The van der Waals surface area contributed by atoms with Crippen LogP contribution in [-0.2, 0) is 30.5 Å². The van der Waals surface area contributed by atoms with Crippen LogP contribution >= 0.6 is 0 Å². The van der Waals surface area contributed by atoms with Gasteiger partial charge in [0.25, 0.3) is 17.5 Å². The Labute approximate surface area is 267 Å². The van der Waals surface area contributed by atoms with Gasteiger partial charge in [0.2, 0.25) is 5.91 Å². The van der Waals surface area contributed by atoms with E-state index in [0.717, 1.165) is 43.7 Å². The quantitative estimate of drug-likeness (QED) is 0.113. The van der Waals surface area contributed by atoms with Crippen LogP contribution in [0.4, 0.5) is 5.69 Å². The Morgan fingerprint density at radius 1 is 1.02 bits per heavy atom. The van der Waals surface area contributed by atoms with Crippen LogP contribution in [0.15, 0.2) is 48.5 Å². The van der Waals surface area contributed by atoms with Crippen molar-refractivity contribution in [2.45, 2.75) is 70.2 Å². The lowest BCUT2D eigenvalue weighted by Gasteiger charge is -2.29. The lowest BCUT2D eigenvalue weighted by molar-refractivity contribution is -0.385. The summed E-state index contributed by atoms with van der Waals surface area (Å²) in [4.78, 5) is 62.7. The van der Waals surface area contributed by atoms with Gasteiger partial charge in [-0.1, -0.05) is 62.4 Å². The highest BCUT2D eigenvalue weighted by Crippen LogP contribution is 2.28. The zero-order valence-corrected chi connectivity index (χ0v) is 26.1. The molecule has 4 N–H and O–H groups in total. The van der Waals surface area contributed by atoms with Gasteiger partial charge in [-0.15, -0.1) is 0 Å². The highest BCUT2D eigenvalue weighted by molar-refractivity contribution is 6.01. The molecule has 0 heterocycles. The molecular weight excluding hydrogens is 600 g/mol. The maximum absolute atomic E-state index is 13.8. The molecule has 1 saturated carbocycles. The predicted molar refractivity (Wildman–Crippen MR) is 166 cm³/mol. The minimum atomic E-state index is -1.83. The van der Waals surface area contributed by atoms with Crippen LogP contribution in [-0.4, -0.2) is 78.8 Å². The van der Waals surface area contributed by atoms with E-state index in [1.807, 2.05) is 30.3 Å². The summed E-state index contributed by atoms with van der Waals surface area (Å²) >= 11 is 0. The fraction of sp³-hybridized carbons (Fsp3) is 0.500. The molecule has 0 saturated heterocycles. The normalized spacial score (nSPS) is 15.1. The van der Waals surface area contributed by atoms with E-state index in [1.165, 1.54) is 19.2 Å². The van der Waals surface area contributed by atoms with Crippen LogP contribution in [0.1, 0.15) is 61.4 Å². The van der Waals surface area contributed by atoms with Gasteiger partial charge in [0.15, 0.2) is 6.10 Å². The monoisotopic (exact) mass is 642 g/mol. The molecular formula is C32H42N4O10. The molecule has 14 heteroatoms. The number of nitro benzene ring substituents is 1. The molecule has 1 aliphatic rings. The topological polar surface area (TPSA) is 195 Å². The van der Waals surface area contributed by atoms with E-state index in [4.69, 9.17) is 14.2 Å². The Morgan fingerprint density at radius 2 is 1.74 bits per heavy atom. The molecule has 0 aliphatic heterocycles. The number of methoxy groups -OCH3 is 1. The first-order chi connectivity index (χ1) is 22.1. The summed E-state index contributed by atoms with van der Waals surface area (Å²) in [6, 6.07) is 10.4. The van der Waals surface area contributed by atoms with Crippen LogP contribution in [0.5, 0.6) is 5.75 Å². The van der Waals surface area contributed by atoms with Crippen molar-refractivity contribution >= 4 is 29.4 Å². The third-order valence-electron chi connectivity index (χ3n) is 7.66. The van der Waals surface area contributed by atoms with E-state index < -0.39 is 59.0 Å². The third kappa shape index (κ3) is 11.1. The number of hydrogen-bond acceptors (Lipinski definition) is 10. The third-order valence-corrected chi connectivity index (χ3v) is 7.66. The lowest BCUT2D eigenvalue weighted by atomic mass is 9.84. The minimum Gasteiger partial charge on any atom is -0.497 e. The number of rotatable bonds is 17. The van der Waals surface area contributed by atoms with Gasteiger partial charge < -0.3 is 35.3 Å². The molecule has 250 valence electrons. The summed E-state index contributed by atoms with van der Waals surface area (Å²) in [5.41, 5.74) is 0.0686. The Balaban J connectivity index is 1.82. The van der Waals surface area contributed by atoms with Crippen LogP contribution in [0.2, 0.25) is 0 Å². The SMILES string of the molecule is CCOC(=O)CNC(=O)C(O)[C@H](COCc1ccccc1)NC(=O)[C@H](CC1CCCCC1)NC(=O)c1cc(OC)ccc1[N+](=O)[O-]. The Morgan fingerprint density at radius 3 is 2.39 bits per heavy atom. The van der Waals surface area contributed by atoms with Gasteiger partial charge in [-0.05, 0) is 37.0 Å². The molecule has 0 aromatic heterocycles. The summed E-state index contributed by atoms with van der Waals surface area (Å²) in [6.45, 7) is 1.05. The second-order valence-electron chi connectivity index (χ2n) is 11.0. The number of hydrogen-bond donors (Lipinski definition) is 4. The van der Waals surface area contributed by atoms with Crippen molar-refractivity contribution < 1.29 is 43.4 Å². The van der Waals surface area contributed by atoms with Crippen molar-refractivity contribution in [3.8, 4) is 5.75 Å². The average molecular weight is 643 g/mol. The van der Waals surface area contributed by atoms with Crippen LogP contribution in [0, 0.1) is 16.0 Å². The van der Waals surface area contributed by atoms with Crippen molar-refractivity contribution in [1.29, 1.82) is 0 Å². The molecule has 46 heavy (non-hydrogen) atoms. The number of esters is 1. The number of carbonyl (C=O) groups is 4. The molecule has 1 fully saturated rings. The number of nitro groups is 1. The summed E-state index contributed by atoms with van der Waals surface area (Å²) in [5, 5.41) is 30.2. The van der Waals surface area contributed by atoms with Crippen molar-refractivity contribution in [2.75, 3.05) is 26.9 Å². The largest absolute Gasteiger partial charge is 0.497 e. The van der Waals surface area contributed by atoms with Crippen molar-refractivity contribution in [3.63, 3.8) is 0 Å². The van der Waals surface area contributed by atoms with E-state index in [2.05, 4.69) is 16.0 Å². The summed E-state index contributed by atoms with van der Waals surface area (Å²) in [5.74, 6) is -2.90. The molecule has 14 nitrogen and oxygen atoms in total. The Hall–Kier alpha value is -4.56. The number of amides is 3. The fourth-order valence-electron chi connectivity index (χ4n) is 5.24. The smallest absolute Gasteiger partial charge is 0.325 e. The van der Waals surface area contributed by atoms with Gasteiger partial charge >= 0.3 is 5.97 Å². The first-order valence-electron chi connectivity index (χ1n) is 15.3. The van der Waals surface area contributed by atoms with Gasteiger partial charge in [-0.2, -0.15) is 0 Å². The first kappa shape index (κ1) is 35.9. The zero-order valence-electron chi connectivity index (χ0n) is 26.1. The maximum Gasteiger partial charge on any atom is 0.325 e. The number of carbonyl (C=O) groups excluding carboxylic acids is 4. The summed E-state index contributed by atoms with van der Waals surface area (Å²) in [6.07, 6.45) is 3.05. The van der Waals surface area contributed by atoms with E-state index in [9.17, 15) is 34.4 Å². The first-order valence-corrected chi connectivity index (χ1v) is 15.3. The van der Waals surface area contributed by atoms with Gasteiger partial charge in [0.1, 0.15) is 23.9 Å².